The highest BCUT2D eigenvalue weighted by Crippen LogP contribution is 2.22. The Bertz CT molecular complexity index is 216. The molecule has 0 bridgehead atoms. The molecular weight excluding hydrogens is 202 g/mol. The van der Waals surface area contributed by atoms with Gasteiger partial charge in [0.15, 0.2) is 0 Å². The highest BCUT2D eigenvalue weighted by molar-refractivity contribution is 5.72. The average molecular weight is 229 g/mol. The molecule has 0 spiro atoms. The van der Waals surface area contributed by atoms with E-state index >= 15 is 0 Å². The summed E-state index contributed by atoms with van der Waals surface area (Å²) in [6.07, 6.45) is 0.941. The van der Waals surface area contributed by atoms with Crippen LogP contribution in [0.4, 0.5) is 0 Å². The Balaban J connectivity index is 3.74. The normalized spacial score (nSPS) is 12.6. The summed E-state index contributed by atoms with van der Waals surface area (Å²) in [6.45, 7) is 14.6. The van der Waals surface area contributed by atoms with Gasteiger partial charge in [-0.05, 0) is 17.3 Å². The maximum atomic E-state index is 10.7. The summed E-state index contributed by atoms with van der Waals surface area (Å²) in [7, 11) is 0. The number of nitrogens with one attached hydrogen (secondary N) is 1. The smallest absolute Gasteiger partial charge is 0.216 e. The predicted molar refractivity (Wildman–Crippen MR) is 67.4 cm³/mol. The fourth-order valence-electron chi connectivity index (χ4n) is 1.28. The number of hydrogen-bond acceptors (Lipinski definition) is 2. The van der Waals surface area contributed by atoms with Crippen molar-refractivity contribution in [1.29, 1.82) is 0 Å². The lowest BCUT2D eigenvalue weighted by molar-refractivity contribution is -0.119. The van der Waals surface area contributed by atoms with Crippen LogP contribution in [0.3, 0.4) is 0 Å². The molecule has 0 aliphatic rings. The minimum atomic E-state index is 0.0337. The Morgan fingerprint density at radius 2 is 1.69 bits per heavy atom. The van der Waals surface area contributed by atoms with E-state index < -0.39 is 0 Å². The molecule has 0 radical (unpaired) electrons. The Labute approximate surface area is 99.9 Å². The van der Waals surface area contributed by atoms with Crippen LogP contribution >= 0.6 is 0 Å². The fraction of sp³-hybridized carbons (Fsp3) is 0.923. The molecule has 0 atom stereocenters. The van der Waals surface area contributed by atoms with E-state index in [4.69, 9.17) is 4.74 Å². The Morgan fingerprint density at radius 1 is 1.12 bits per heavy atom. The lowest BCUT2D eigenvalue weighted by atomic mass is 9.90. The number of ether oxygens (including phenoxy) is 1. The molecule has 0 aliphatic carbocycles. The Hall–Kier alpha value is -0.570. The Morgan fingerprint density at radius 3 is 2.12 bits per heavy atom. The first-order chi connectivity index (χ1) is 7.12. The summed E-state index contributed by atoms with van der Waals surface area (Å²) in [6, 6.07) is 0. The third-order valence-electron chi connectivity index (χ3n) is 2.20. The van der Waals surface area contributed by atoms with E-state index in [-0.39, 0.29) is 16.7 Å². The highest BCUT2D eigenvalue weighted by Gasteiger charge is 2.19. The molecule has 16 heavy (non-hydrogen) atoms. The van der Waals surface area contributed by atoms with Crippen LogP contribution < -0.4 is 5.32 Å². The van der Waals surface area contributed by atoms with Crippen molar-refractivity contribution in [2.24, 2.45) is 10.8 Å². The monoisotopic (exact) mass is 229 g/mol. The zero-order valence-corrected chi connectivity index (χ0v) is 11.6. The van der Waals surface area contributed by atoms with E-state index in [0.717, 1.165) is 26.2 Å². The molecule has 0 heterocycles. The lowest BCUT2D eigenvalue weighted by Gasteiger charge is -2.27. The summed E-state index contributed by atoms with van der Waals surface area (Å²) < 4.78 is 5.71. The molecular formula is C13H27NO2. The van der Waals surface area contributed by atoms with E-state index in [0.29, 0.717) is 0 Å². The summed E-state index contributed by atoms with van der Waals surface area (Å²) in [5.41, 5.74) is 0.335. The molecule has 3 heteroatoms. The van der Waals surface area contributed by atoms with Crippen LogP contribution in [0.2, 0.25) is 0 Å². The van der Waals surface area contributed by atoms with E-state index in [1.54, 1.807) is 6.92 Å². The van der Waals surface area contributed by atoms with Crippen molar-refractivity contribution >= 4 is 5.91 Å². The second-order valence-electron chi connectivity index (χ2n) is 6.45. The van der Waals surface area contributed by atoms with Crippen molar-refractivity contribution in [2.45, 2.75) is 48.0 Å². The van der Waals surface area contributed by atoms with Gasteiger partial charge in [-0.1, -0.05) is 34.6 Å². The maximum absolute atomic E-state index is 10.7. The van der Waals surface area contributed by atoms with Gasteiger partial charge in [-0.3, -0.25) is 4.79 Å². The third-order valence-corrected chi connectivity index (χ3v) is 2.20. The maximum Gasteiger partial charge on any atom is 0.216 e. The molecule has 0 aliphatic heterocycles. The van der Waals surface area contributed by atoms with Crippen molar-refractivity contribution in [3.05, 3.63) is 0 Å². The van der Waals surface area contributed by atoms with Crippen molar-refractivity contribution in [3.63, 3.8) is 0 Å². The van der Waals surface area contributed by atoms with Gasteiger partial charge in [0.05, 0.1) is 13.2 Å². The van der Waals surface area contributed by atoms with Crippen LogP contribution in [-0.4, -0.2) is 25.7 Å². The lowest BCUT2D eigenvalue weighted by Crippen LogP contribution is -2.29. The molecule has 0 saturated heterocycles. The van der Waals surface area contributed by atoms with Gasteiger partial charge in [0.25, 0.3) is 0 Å². The molecule has 0 rings (SSSR count). The van der Waals surface area contributed by atoms with Crippen molar-refractivity contribution in [2.75, 3.05) is 19.8 Å². The molecule has 3 nitrogen and oxygen atoms in total. The van der Waals surface area contributed by atoms with Crippen LogP contribution in [-0.2, 0) is 9.53 Å². The van der Waals surface area contributed by atoms with Gasteiger partial charge in [-0.25, -0.2) is 0 Å². The van der Waals surface area contributed by atoms with Crippen LogP contribution in [0.25, 0.3) is 0 Å². The van der Waals surface area contributed by atoms with E-state index in [1.807, 2.05) is 0 Å². The van der Waals surface area contributed by atoms with Crippen LogP contribution in [0.1, 0.15) is 48.0 Å². The van der Waals surface area contributed by atoms with E-state index in [1.165, 1.54) is 0 Å². The predicted octanol–water partition coefficient (Wildman–Crippen LogP) is 2.60. The summed E-state index contributed by atoms with van der Waals surface area (Å²) in [5.74, 6) is 0.0337. The van der Waals surface area contributed by atoms with Crippen molar-refractivity contribution in [1.82, 2.24) is 5.32 Å². The molecule has 0 aromatic carbocycles. The van der Waals surface area contributed by atoms with Gasteiger partial charge in [-0.2, -0.15) is 0 Å². The van der Waals surface area contributed by atoms with Crippen molar-refractivity contribution in [3.8, 4) is 0 Å². The first-order valence-corrected chi connectivity index (χ1v) is 5.95. The molecule has 1 amide bonds. The molecule has 0 fully saturated rings. The molecule has 1 N–H and O–H groups in total. The first kappa shape index (κ1) is 15.4. The second kappa shape index (κ2) is 6.24. The minimum absolute atomic E-state index is 0.0337. The summed E-state index contributed by atoms with van der Waals surface area (Å²) in [4.78, 5) is 10.7. The highest BCUT2D eigenvalue weighted by atomic mass is 16.5. The zero-order valence-electron chi connectivity index (χ0n) is 11.6. The molecule has 0 unspecified atom stereocenters. The number of rotatable bonds is 6. The van der Waals surface area contributed by atoms with Crippen LogP contribution in [0.15, 0.2) is 0 Å². The number of carbonyl (C=O) groups excluding carboxylic acids is 1. The van der Waals surface area contributed by atoms with Gasteiger partial charge in [-0.15, -0.1) is 0 Å². The van der Waals surface area contributed by atoms with E-state index in [2.05, 4.69) is 39.9 Å². The van der Waals surface area contributed by atoms with Gasteiger partial charge in [0.2, 0.25) is 5.91 Å². The van der Waals surface area contributed by atoms with Gasteiger partial charge >= 0.3 is 0 Å². The van der Waals surface area contributed by atoms with Crippen LogP contribution in [0.5, 0.6) is 0 Å². The molecule has 0 aromatic rings. The Kier molecular flexibility index (Phi) is 6.01. The van der Waals surface area contributed by atoms with Gasteiger partial charge < -0.3 is 10.1 Å². The second-order valence-corrected chi connectivity index (χ2v) is 6.45. The third kappa shape index (κ3) is 9.97. The topological polar surface area (TPSA) is 38.3 Å². The van der Waals surface area contributed by atoms with Crippen LogP contribution in [0, 0.1) is 10.8 Å². The van der Waals surface area contributed by atoms with Gasteiger partial charge in [0, 0.05) is 13.5 Å². The zero-order chi connectivity index (χ0) is 12.8. The summed E-state index contributed by atoms with van der Waals surface area (Å²) in [5, 5.41) is 2.81. The largest absolute Gasteiger partial charge is 0.380 e. The standard InChI is InChI=1S/C13H27NO2/c1-11(15)14-8-7-13(5,6)10-16-9-12(2,3)4/h7-10H2,1-6H3,(H,14,15). The molecule has 0 aromatic heterocycles. The number of carbonyl (C=O) groups is 1. The van der Waals surface area contributed by atoms with Crippen molar-refractivity contribution < 1.29 is 9.53 Å². The van der Waals surface area contributed by atoms with Gasteiger partial charge in [0.1, 0.15) is 0 Å². The molecule has 0 saturated carbocycles. The molecule has 96 valence electrons. The minimum Gasteiger partial charge on any atom is -0.380 e. The number of hydrogen-bond donors (Lipinski definition) is 1. The first-order valence-electron chi connectivity index (χ1n) is 5.95. The average Bonchev–Trinajstić information content (AvgIpc) is 1.99. The summed E-state index contributed by atoms with van der Waals surface area (Å²) >= 11 is 0. The SMILES string of the molecule is CC(=O)NCCC(C)(C)COCC(C)(C)C. The van der Waals surface area contributed by atoms with E-state index in [9.17, 15) is 4.79 Å². The fourth-order valence-corrected chi connectivity index (χ4v) is 1.28. The quantitative estimate of drug-likeness (QED) is 0.760. The number of amides is 1.